The highest BCUT2D eigenvalue weighted by molar-refractivity contribution is 5.49. The lowest BCUT2D eigenvalue weighted by Gasteiger charge is -2.19. The second-order valence-electron chi connectivity index (χ2n) is 5.39. The number of para-hydroxylation sites is 1. The molecule has 0 spiro atoms. The average Bonchev–Trinajstić information content (AvgIpc) is 2.98. The van der Waals surface area contributed by atoms with Crippen LogP contribution in [0, 0.1) is 18.3 Å². The van der Waals surface area contributed by atoms with Crippen LogP contribution in [0.1, 0.15) is 17.7 Å². The Morgan fingerprint density at radius 2 is 2.05 bits per heavy atom. The van der Waals surface area contributed by atoms with E-state index in [2.05, 4.69) is 45.5 Å². The number of aromatic nitrogens is 1. The van der Waals surface area contributed by atoms with E-state index in [0.29, 0.717) is 11.7 Å². The van der Waals surface area contributed by atoms with Gasteiger partial charge in [0.25, 0.3) is 0 Å². The minimum Gasteiger partial charge on any atom is -0.369 e. The average molecular weight is 278 g/mol. The highest BCUT2D eigenvalue weighted by atomic mass is 15.2. The first-order valence-corrected chi connectivity index (χ1v) is 7.20. The lowest BCUT2D eigenvalue weighted by atomic mass is 10.2. The quantitative estimate of drug-likeness (QED) is 0.938. The van der Waals surface area contributed by atoms with Gasteiger partial charge < -0.3 is 10.2 Å². The number of pyridine rings is 1. The van der Waals surface area contributed by atoms with Crippen molar-refractivity contribution in [2.24, 2.45) is 0 Å². The number of aryl methyl sites for hydroxylation is 1. The molecule has 1 aliphatic heterocycles. The molecule has 106 valence electrons. The van der Waals surface area contributed by atoms with Gasteiger partial charge in [-0.15, -0.1) is 0 Å². The third-order valence-electron chi connectivity index (χ3n) is 3.86. The van der Waals surface area contributed by atoms with Crippen LogP contribution in [0.2, 0.25) is 0 Å². The number of nitrogens with zero attached hydrogens (tertiary/aromatic N) is 3. The van der Waals surface area contributed by atoms with Crippen LogP contribution < -0.4 is 10.2 Å². The van der Waals surface area contributed by atoms with Gasteiger partial charge in [0, 0.05) is 24.8 Å². The topological polar surface area (TPSA) is 52.0 Å². The van der Waals surface area contributed by atoms with E-state index < -0.39 is 0 Å². The van der Waals surface area contributed by atoms with E-state index >= 15 is 0 Å². The Morgan fingerprint density at radius 3 is 2.81 bits per heavy atom. The Balaban J connectivity index is 1.66. The molecule has 0 aliphatic carbocycles. The van der Waals surface area contributed by atoms with Crippen LogP contribution in [0.4, 0.5) is 11.5 Å². The first-order valence-electron chi connectivity index (χ1n) is 7.20. The number of benzene rings is 1. The van der Waals surface area contributed by atoms with Crippen LogP contribution >= 0.6 is 0 Å². The lowest BCUT2D eigenvalue weighted by Crippen LogP contribution is -2.26. The third-order valence-corrected chi connectivity index (χ3v) is 3.86. The van der Waals surface area contributed by atoms with Crippen molar-refractivity contribution in [1.82, 2.24) is 4.98 Å². The Morgan fingerprint density at radius 1 is 1.24 bits per heavy atom. The van der Waals surface area contributed by atoms with Crippen LogP contribution in [0.15, 0.2) is 42.5 Å². The number of rotatable bonds is 3. The van der Waals surface area contributed by atoms with Crippen LogP contribution in [-0.2, 0) is 0 Å². The molecule has 0 bridgehead atoms. The van der Waals surface area contributed by atoms with Gasteiger partial charge in [0.1, 0.15) is 17.6 Å². The SMILES string of the molecule is Cc1ccc(NC2CCN(c3ccccc3)C2)nc1C#N. The maximum Gasteiger partial charge on any atom is 0.145 e. The molecule has 1 aromatic heterocycles. The first kappa shape index (κ1) is 13.4. The summed E-state index contributed by atoms with van der Waals surface area (Å²) in [6, 6.07) is 16.8. The second-order valence-corrected chi connectivity index (χ2v) is 5.39. The molecule has 0 amide bonds. The summed E-state index contributed by atoms with van der Waals surface area (Å²) < 4.78 is 0. The molecule has 1 atom stereocenters. The molecule has 1 aromatic carbocycles. The largest absolute Gasteiger partial charge is 0.369 e. The minimum absolute atomic E-state index is 0.368. The van der Waals surface area contributed by atoms with Crippen LogP contribution in [0.3, 0.4) is 0 Å². The number of anilines is 2. The van der Waals surface area contributed by atoms with E-state index in [0.717, 1.165) is 30.9 Å². The van der Waals surface area contributed by atoms with Gasteiger partial charge in [0.2, 0.25) is 0 Å². The van der Waals surface area contributed by atoms with Gasteiger partial charge in [-0.25, -0.2) is 4.98 Å². The smallest absolute Gasteiger partial charge is 0.145 e. The molecule has 2 heterocycles. The molecule has 2 aromatic rings. The molecule has 0 radical (unpaired) electrons. The molecular weight excluding hydrogens is 260 g/mol. The summed E-state index contributed by atoms with van der Waals surface area (Å²) in [6.07, 6.45) is 1.08. The van der Waals surface area contributed by atoms with Crippen LogP contribution in [-0.4, -0.2) is 24.1 Å². The Labute approximate surface area is 125 Å². The molecule has 4 nitrogen and oxygen atoms in total. The summed E-state index contributed by atoms with van der Waals surface area (Å²) in [6.45, 7) is 3.90. The molecular formula is C17H18N4. The summed E-state index contributed by atoms with van der Waals surface area (Å²) >= 11 is 0. The highest BCUT2D eigenvalue weighted by Crippen LogP contribution is 2.22. The number of nitriles is 1. The maximum atomic E-state index is 9.05. The van der Waals surface area contributed by atoms with Gasteiger partial charge in [-0.05, 0) is 37.1 Å². The van der Waals surface area contributed by atoms with Gasteiger partial charge in [0.05, 0.1) is 0 Å². The molecule has 21 heavy (non-hydrogen) atoms. The monoisotopic (exact) mass is 278 g/mol. The number of hydrogen-bond donors (Lipinski definition) is 1. The molecule has 4 heteroatoms. The van der Waals surface area contributed by atoms with E-state index in [4.69, 9.17) is 5.26 Å². The minimum atomic E-state index is 0.368. The standard InChI is InChI=1S/C17H18N4/c1-13-7-8-17(20-16(13)11-18)19-14-9-10-21(12-14)15-5-3-2-4-6-15/h2-8,14H,9-10,12H2,1H3,(H,19,20). The zero-order valence-corrected chi connectivity index (χ0v) is 12.1. The fraction of sp³-hybridized carbons (Fsp3) is 0.294. The summed E-state index contributed by atoms with van der Waals surface area (Å²) in [5, 5.41) is 12.5. The maximum absolute atomic E-state index is 9.05. The van der Waals surface area contributed by atoms with E-state index in [1.165, 1.54) is 5.69 Å². The van der Waals surface area contributed by atoms with E-state index in [9.17, 15) is 0 Å². The zero-order valence-electron chi connectivity index (χ0n) is 12.1. The van der Waals surface area contributed by atoms with Crippen molar-refractivity contribution < 1.29 is 0 Å². The first-order chi connectivity index (χ1) is 10.3. The normalized spacial score (nSPS) is 17.5. The van der Waals surface area contributed by atoms with Gasteiger partial charge in [0.15, 0.2) is 0 Å². The fourth-order valence-corrected chi connectivity index (χ4v) is 2.68. The Kier molecular flexibility index (Phi) is 3.74. The van der Waals surface area contributed by atoms with E-state index in [-0.39, 0.29) is 0 Å². The summed E-state index contributed by atoms with van der Waals surface area (Å²) in [4.78, 5) is 6.73. The van der Waals surface area contributed by atoms with Gasteiger partial charge in [-0.2, -0.15) is 5.26 Å². The van der Waals surface area contributed by atoms with E-state index in [1.807, 2.05) is 25.1 Å². The van der Waals surface area contributed by atoms with Gasteiger partial charge >= 0.3 is 0 Å². The highest BCUT2D eigenvalue weighted by Gasteiger charge is 2.22. The van der Waals surface area contributed by atoms with Crippen molar-refractivity contribution in [1.29, 1.82) is 5.26 Å². The lowest BCUT2D eigenvalue weighted by molar-refractivity contribution is 0.800. The van der Waals surface area contributed by atoms with Crippen molar-refractivity contribution in [3.8, 4) is 6.07 Å². The summed E-state index contributed by atoms with van der Waals surface area (Å²) in [5.41, 5.74) is 2.68. The molecule has 1 fully saturated rings. The van der Waals surface area contributed by atoms with Crippen molar-refractivity contribution in [3.05, 3.63) is 53.7 Å². The van der Waals surface area contributed by atoms with Gasteiger partial charge in [-0.1, -0.05) is 24.3 Å². The number of hydrogen-bond acceptors (Lipinski definition) is 4. The summed E-state index contributed by atoms with van der Waals surface area (Å²) in [7, 11) is 0. The fourth-order valence-electron chi connectivity index (χ4n) is 2.68. The molecule has 1 unspecified atom stereocenters. The molecule has 1 aliphatic rings. The Hall–Kier alpha value is -2.54. The zero-order chi connectivity index (χ0) is 14.7. The number of nitrogens with one attached hydrogen (secondary N) is 1. The predicted octanol–water partition coefficient (Wildman–Crippen LogP) is 2.95. The van der Waals surface area contributed by atoms with Crippen LogP contribution in [0.25, 0.3) is 0 Å². The van der Waals surface area contributed by atoms with Crippen LogP contribution in [0.5, 0.6) is 0 Å². The van der Waals surface area contributed by atoms with E-state index in [1.54, 1.807) is 0 Å². The molecule has 1 saturated heterocycles. The van der Waals surface area contributed by atoms with Gasteiger partial charge in [-0.3, -0.25) is 0 Å². The second kappa shape index (κ2) is 5.84. The Bertz CT molecular complexity index is 660. The molecule has 1 N–H and O–H groups in total. The predicted molar refractivity (Wildman–Crippen MR) is 84.4 cm³/mol. The molecule has 0 saturated carbocycles. The molecule has 3 rings (SSSR count). The third kappa shape index (κ3) is 2.97. The van der Waals surface area contributed by atoms with Crippen molar-refractivity contribution in [3.63, 3.8) is 0 Å². The van der Waals surface area contributed by atoms with Crippen molar-refractivity contribution >= 4 is 11.5 Å². The van der Waals surface area contributed by atoms with Crippen molar-refractivity contribution in [2.75, 3.05) is 23.3 Å². The van der Waals surface area contributed by atoms with Crippen molar-refractivity contribution in [2.45, 2.75) is 19.4 Å². The summed E-state index contributed by atoms with van der Waals surface area (Å²) in [5.74, 6) is 0.789.